The number of carbonyl (C=O) groups excluding carboxylic acids is 1. The third-order valence-corrected chi connectivity index (χ3v) is 4.93. The second-order valence-electron chi connectivity index (χ2n) is 6.97. The van der Waals surface area contributed by atoms with E-state index in [1.54, 1.807) is 0 Å². The maximum atomic E-state index is 12.3. The van der Waals surface area contributed by atoms with E-state index >= 15 is 0 Å². The van der Waals surface area contributed by atoms with Crippen LogP contribution in [-0.2, 0) is 4.79 Å². The molecule has 0 aromatic heterocycles. The van der Waals surface area contributed by atoms with Crippen molar-refractivity contribution in [3.63, 3.8) is 0 Å². The fourth-order valence-corrected chi connectivity index (χ4v) is 2.38. The lowest BCUT2D eigenvalue weighted by atomic mass is 9.80. The normalized spacial score (nSPS) is 20.6. The van der Waals surface area contributed by atoms with Crippen LogP contribution in [0, 0.1) is 11.3 Å². The molecular weight excluding hydrogens is 270 g/mol. The molecule has 4 nitrogen and oxygen atoms in total. The zero-order valence-corrected chi connectivity index (χ0v) is 14.3. The first-order valence-corrected chi connectivity index (χ1v) is 7.85. The van der Waals surface area contributed by atoms with E-state index < -0.39 is 0 Å². The molecule has 0 aliphatic carbocycles. The van der Waals surface area contributed by atoms with Crippen LogP contribution in [0.4, 0.5) is 0 Å². The van der Waals surface area contributed by atoms with Gasteiger partial charge in [0, 0.05) is 32.6 Å². The van der Waals surface area contributed by atoms with Gasteiger partial charge in [-0.05, 0) is 18.3 Å². The Hall–Kier alpha value is -0.680. The lowest BCUT2D eigenvalue weighted by molar-refractivity contribution is -0.134. The van der Waals surface area contributed by atoms with Crippen molar-refractivity contribution >= 4 is 23.1 Å². The van der Waals surface area contributed by atoms with E-state index in [9.17, 15) is 4.79 Å². The van der Waals surface area contributed by atoms with Gasteiger partial charge in [0.2, 0.25) is 5.91 Å². The molecule has 0 bridgehead atoms. The Labute approximate surface area is 128 Å². The lowest BCUT2D eigenvalue weighted by Crippen LogP contribution is -2.54. The molecular formula is C15H29N3OS. The fourth-order valence-electron chi connectivity index (χ4n) is 2.24. The van der Waals surface area contributed by atoms with Gasteiger partial charge in [-0.25, -0.2) is 0 Å². The molecule has 0 radical (unpaired) electrons. The van der Waals surface area contributed by atoms with E-state index in [-0.39, 0.29) is 17.4 Å². The van der Waals surface area contributed by atoms with Gasteiger partial charge in [0.25, 0.3) is 0 Å². The van der Waals surface area contributed by atoms with E-state index in [1.807, 2.05) is 11.8 Å². The van der Waals surface area contributed by atoms with Crippen molar-refractivity contribution in [1.82, 2.24) is 9.80 Å². The number of piperazine rings is 1. The number of rotatable bonds is 4. The average Bonchev–Trinajstić information content (AvgIpc) is 2.36. The van der Waals surface area contributed by atoms with Gasteiger partial charge in [-0.15, -0.1) is 0 Å². The zero-order valence-electron chi connectivity index (χ0n) is 13.5. The topological polar surface area (TPSA) is 49.6 Å². The summed E-state index contributed by atoms with van der Waals surface area (Å²) in [5, 5.41) is 0. The summed E-state index contributed by atoms with van der Waals surface area (Å²) in [6.45, 7) is 14.0. The van der Waals surface area contributed by atoms with Gasteiger partial charge in [0.05, 0.1) is 11.0 Å². The molecule has 2 atom stereocenters. The van der Waals surface area contributed by atoms with Gasteiger partial charge in [-0.1, -0.05) is 39.9 Å². The highest BCUT2D eigenvalue weighted by atomic mass is 32.1. The lowest BCUT2D eigenvalue weighted by Gasteiger charge is -2.38. The number of thiocarbonyl (C=S) groups is 1. The van der Waals surface area contributed by atoms with Crippen LogP contribution in [0.2, 0.25) is 0 Å². The molecule has 5 heteroatoms. The maximum Gasteiger partial charge on any atom is 0.222 e. The minimum atomic E-state index is 0.121. The summed E-state index contributed by atoms with van der Waals surface area (Å²) in [4.78, 5) is 17.1. The fraction of sp³-hybridized carbons (Fsp3) is 0.867. The Bertz CT molecular complexity index is 357. The van der Waals surface area contributed by atoms with E-state index in [4.69, 9.17) is 18.0 Å². The van der Waals surface area contributed by atoms with Crippen molar-refractivity contribution in [2.45, 2.75) is 47.1 Å². The Kier molecular flexibility index (Phi) is 5.95. The summed E-state index contributed by atoms with van der Waals surface area (Å²) >= 11 is 5.03. The molecule has 0 aromatic rings. The van der Waals surface area contributed by atoms with Crippen LogP contribution in [-0.4, -0.2) is 52.9 Å². The Morgan fingerprint density at radius 1 is 1.20 bits per heavy atom. The number of amides is 1. The van der Waals surface area contributed by atoms with Crippen LogP contribution < -0.4 is 5.73 Å². The molecule has 0 saturated carbocycles. The highest BCUT2D eigenvalue weighted by Crippen LogP contribution is 2.28. The highest BCUT2D eigenvalue weighted by molar-refractivity contribution is 7.80. The highest BCUT2D eigenvalue weighted by Gasteiger charge is 2.28. The van der Waals surface area contributed by atoms with E-state index in [2.05, 4.69) is 32.6 Å². The molecule has 0 spiro atoms. The first kappa shape index (κ1) is 17.4. The first-order chi connectivity index (χ1) is 9.12. The van der Waals surface area contributed by atoms with Gasteiger partial charge in [-0.2, -0.15) is 0 Å². The van der Waals surface area contributed by atoms with Crippen molar-refractivity contribution in [2.24, 2.45) is 17.1 Å². The zero-order chi connectivity index (χ0) is 15.5. The number of hydrogen-bond acceptors (Lipinski definition) is 3. The smallest absolute Gasteiger partial charge is 0.222 e. The Balaban J connectivity index is 2.45. The second-order valence-corrected chi connectivity index (χ2v) is 7.44. The summed E-state index contributed by atoms with van der Waals surface area (Å²) in [6.07, 6.45) is 0.633. The molecule has 1 saturated heterocycles. The molecule has 2 unspecified atom stereocenters. The standard InChI is InChI=1S/C15H29N3OS/c1-11(15(3,4)5)10-13(19)18-8-6-17(7-9-18)12(2)14(16)20/h11-12H,6-10H2,1-5H3,(H2,16,20). The van der Waals surface area contributed by atoms with Crippen LogP contribution >= 0.6 is 12.2 Å². The van der Waals surface area contributed by atoms with Crippen LogP contribution in [0.25, 0.3) is 0 Å². The summed E-state index contributed by atoms with van der Waals surface area (Å²) < 4.78 is 0. The third-order valence-electron chi connectivity index (χ3n) is 4.59. The van der Waals surface area contributed by atoms with Crippen molar-refractivity contribution in [3.05, 3.63) is 0 Å². The van der Waals surface area contributed by atoms with Crippen molar-refractivity contribution < 1.29 is 4.79 Å². The van der Waals surface area contributed by atoms with Crippen molar-refractivity contribution in [1.29, 1.82) is 0 Å². The summed E-state index contributed by atoms with van der Waals surface area (Å²) in [7, 11) is 0. The third kappa shape index (κ3) is 4.70. The Morgan fingerprint density at radius 2 is 1.70 bits per heavy atom. The number of nitrogens with zero attached hydrogens (tertiary/aromatic N) is 2. The second kappa shape index (κ2) is 6.85. The predicted molar refractivity (Wildman–Crippen MR) is 87.6 cm³/mol. The van der Waals surface area contributed by atoms with Crippen molar-refractivity contribution in [3.8, 4) is 0 Å². The van der Waals surface area contributed by atoms with Crippen LogP contribution in [0.3, 0.4) is 0 Å². The molecule has 1 aliphatic rings. The van der Waals surface area contributed by atoms with Gasteiger partial charge in [0.1, 0.15) is 0 Å². The van der Waals surface area contributed by atoms with Crippen LogP contribution in [0.1, 0.15) is 41.0 Å². The Morgan fingerprint density at radius 3 is 2.10 bits per heavy atom. The minimum absolute atomic E-state index is 0.121. The molecule has 1 aliphatic heterocycles. The average molecular weight is 299 g/mol. The molecule has 1 heterocycles. The molecule has 1 rings (SSSR count). The summed E-state index contributed by atoms with van der Waals surface area (Å²) in [5.41, 5.74) is 5.86. The summed E-state index contributed by atoms with van der Waals surface area (Å²) in [6, 6.07) is 0.121. The molecule has 116 valence electrons. The largest absolute Gasteiger partial charge is 0.392 e. The van der Waals surface area contributed by atoms with Crippen molar-refractivity contribution in [2.75, 3.05) is 26.2 Å². The number of nitrogens with two attached hydrogens (primary N) is 1. The molecule has 2 N–H and O–H groups in total. The monoisotopic (exact) mass is 299 g/mol. The van der Waals surface area contributed by atoms with Gasteiger partial charge >= 0.3 is 0 Å². The quantitative estimate of drug-likeness (QED) is 0.805. The van der Waals surface area contributed by atoms with E-state index in [0.29, 0.717) is 17.3 Å². The maximum absolute atomic E-state index is 12.3. The van der Waals surface area contributed by atoms with E-state index in [0.717, 1.165) is 26.2 Å². The first-order valence-electron chi connectivity index (χ1n) is 7.44. The van der Waals surface area contributed by atoms with Gasteiger partial charge < -0.3 is 10.6 Å². The predicted octanol–water partition coefficient (Wildman–Crippen LogP) is 1.88. The van der Waals surface area contributed by atoms with Crippen LogP contribution in [0.5, 0.6) is 0 Å². The molecule has 20 heavy (non-hydrogen) atoms. The van der Waals surface area contributed by atoms with Gasteiger partial charge in [0.15, 0.2) is 0 Å². The molecule has 0 aromatic carbocycles. The SMILES string of the molecule is CC(C(N)=S)N1CCN(C(=O)CC(C)C(C)(C)C)CC1. The van der Waals surface area contributed by atoms with Gasteiger partial charge in [-0.3, -0.25) is 9.69 Å². The molecule has 1 fully saturated rings. The van der Waals surface area contributed by atoms with Crippen LogP contribution in [0.15, 0.2) is 0 Å². The minimum Gasteiger partial charge on any atom is -0.392 e. The summed E-state index contributed by atoms with van der Waals surface area (Å²) in [5.74, 6) is 0.665. The number of carbonyl (C=O) groups is 1. The number of hydrogen-bond donors (Lipinski definition) is 1. The molecule has 1 amide bonds. The van der Waals surface area contributed by atoms with E-state index in [1.165, 1.54) is 0 Å².